The van der Waals surface area contributed by atoms with Crippen molar-refractivity contribution in [1.29, 1.82) is 0 Å². The Morgan fingerprint density at radius 2 is 1.81 bits per heavy atom. The van der Waals surface area contributed by atoms with E-state index in [0.29, 0.717) is 19.4 Å². The van der Waals surface area contributed by atoms with E-state index in [1.165, 1.54) is 0 Å². The quantitative estimate of drug-likeness (QED) is 0.779. The average Bonchev–Trinajstić information content (AvgIpc) is 3.00. The number of hydrogen-bond donors (Lipinski definition) is 2. The Morgan fingerprint density at radius 1 is 1.15 bits per heavy atom. The molecule has 0 spiro atoms. The van der Waals surface area contributed by atoms with Crippen LogP contribution in [-0.4, -0.2) is 39.5 Å². The Balaban J connectivity index is 2.01. The fourth-order valence-electron chi connectivity index (χ4n) is 2.90. The number of carbonyl (C=O) groups is 2. The van der Waals surface area contributed by atoms with Crippen LogP contribution in [0.3, 0.4) is 0 Å². The van der Waals surface area contributed by atoms with Gasteiger partial charge in [-0.3, -0.25) is 9.48 Å². The highest BCUT2D eigenvalue weighted by molar-refractivity contribution is 5.82. The van der Waals surface area contributed by atoms with Crippen molar-refractivity contribution in [2.75, 3.05) is 6.54 Å². The molecule has 148 valence electrons. The van der Waals surface area contributed by atoms with Crippen molar-refractivity contribution in [2.45, 2.75) is 65.1 Å². The predicted octanol–water partition coefficient (Wildman–Crippen LogP) is 3.24. The van der Waals surface area contributed by atoms with Crippen molar-refractivity contribution in [2.24, 2.45) is 0 Å². The van der Waals surface area contributed by atoms with Crippen molar-refractivity contribution >= 4 is 22.9 Å². The number of carbonyl (C=O) groups excluding carboxylic acids is 2. The summed E-state index contributed by atoms with van der Waals surface area (Å²) in [7, 11) is 0. The largest absolute Gasteiger partial charge is 0.444 e. The van der Waals surface area contributed by atoms with Gasteiger partial charge in [0.25, 0.3) is 0 Å². The predicted molar refractivity (Wildman–Crippen MR) is 105 cm³/mol. The summed E-state index contributed by atoms with van der Waals surface area (Å²) < 4.78 is 6.97. The number of benzene rings is 1. The van der Waals surface area contributed by atoms with Crippen LogP contribution in [0.15, 0.2) is 30.5 Å². The summed E-state index contributed by atoms with van der Waals surface area (Å²) >= 11 is 0. The number of fused-ring (bicyclic) bond motifs is 1. The first-order valence-corrected chi connectivity index (χ1v) is 9.36. The summed E-state index contributed by atoms with van der Waals surface area (Å²) in [4.78, 5) is 24.6. The van der Waals surface area contributed by atoms with E-state index in [0.717, 1.165) is 10.9 Å². The maximum atomic E-state index is 12.6. The SMILES string of the molecule is CCC(CC)(CNC(=O)OC(C)(C)C)NC(=O)Cn1ncc2ccccc21. The Morgan fingerprint density at radius 3 is 2.44 bits per heavy atom. The Labute approximate surface area is 160 Å². The lowest BCUT2D eigenvalue weighted by atomic mass is 9.92. The zero-order valence-electron chi connectivity index (χ0n) is 16.8. The minimum Gasteiger partial charge on any atom is -0.444 e. The molecule has 0 aliphatic carbocycles. The van der Waals surface area contributed by atoms with Crippen LogP contribution in [0.1, 0.15) is 47.5 Å². The summed E-state index contributed by atoms with van der Waals surface area (Å²) in [5, 5.41) is 11.2. The summed E-state index contributed by atoms with van der Waals surface area (Å²) in [5.74, 6) is -0.140. The van der Waals surface area contributed by atoms with Crippen LogP contribution in [0.5, 0.6) is 0 Å². The number of aromatic nitrogens is 2. The Kier molecular flexibility index (Phi) is 6.46. The van der Waals surface area contributed by atoms with Crippen molar-refractivity contribution in [1.82, 2.24) is 20.4 Å². The summed E-state index contributed by atoms with van der Waals surface area (Å²) in [6, 6.07) is 7.76. The molecule has 1 heterocycles. The fraction of sp³-hybridized carbons (Fsp3) is 0.550. The molecule has 0 saturated carbocycles. The van der Waals surface area contributed by atoms with Gasteiger partial charge in [0.05, 0.1) is 17.3 Å². The Bertz CT molecular complexity index is 788. The molecule has 0 fully saturated rings. The van der Waals surface area contributed by atoms with E-state index >= 15 is 0 Å². The van der Waals surface area contributed by atoms with E-state index in [1.807, 2.05) is 58.9 Å². The molecule has 1 aromatic heterocycles. The smallest absolute Gasteiger partial charge is 0.407 e. The highest BCUT2D eigenvalue weighted by Gasteiger charge is 2.30. The number of alkyl carbamates (subject to hydrolysis) is 1. The third kappa shape index (κ3) is 5.70. The number of hydrogen-bond acceptors (Lipinski definition) is 4. The van der Waals surface area contributed by atoms with Gasteiger partial charge in [0.1, 0.15) is 12.1 Å². The molecule has 0 aliphatic heterocycles. The van der Waals surface area contributed by atoms with Crippen LogP contribution in [0, 0.1) is 0 Å². The maximum absolute atomic E-state index is 12.6. The van der Waals surface area contributed by atoms with Gasteiger partial charge in [0, 0.05) is 11.9 Å². The first-order chi connectivity index (χ1) is 12.7. The second-order valence-electron chi connectivity index (χ2n) is 7.75. The minimum absolute atomic E-state index is 0.127. The Hall–Kier alpha value is -2.57. The van der Waals surface area contributed by atoms with Gasteiger partial charge in [-0.1, -0.05) is 32.0 Å². The van der Waals surface area contributed by atoms with E-state index in [2.05, 4.69) is 15.7 Å². The molecule has 2 aromatic rings. The summed E-state index contributed by atoms with van der Waals surface area (Å²) in [5.41, 5.74) is -0.176. The molecule has 2 N–H and O–H groups in total. The third-order valence-corrected chi connectivity index (χ3v) is 4.57. The zero-order chi connectivity index (χ0) is 20.1. The van der Waals surface area contributed by atoms with Gasteiger partial charge < -0.3 is 15.4 Å². The highest BCUT2D eigenvalue weighted by Crippen LogP contribution is 2.16. The van der Waals surface area contributed by atoms with Crippen LogP contribution >= 0.6 is 0 Å². The van der Waals surface area contributed by atoms with Gasteiger partial charge in [-0.2, -0.15) is 5.10 Å². The number of nitrogens with one attached hydrogen (secondary N) is 2. The van der Waals surface area contributed by atoms with Gasteiger partial charge in [-0.05, 0) is 39.7 Å². The molecule has 0 saturated heterocycles. The molecule has 2 amide bonds. The average molecular weight is 374 g/mol. The van der Waals surface area contributed by atoms with E-state index in [-0.39, 0.29) is 12.5 Å². The van der Waals surface area contributed by atoms with Crippen LogP contribution in [0.25, 0.3) is 10.9 Å². The monoisotopic (exact) mass is 374 g/mol. The topological polar surface area (TPSA) is 85.3 Å². The van der Waals surface area contributed by atoms with Crippen LogP contribution < -0.4 is 10.6 Å². The molecule has 0 aliphatic rings. The number of para-hydroxylation sites is 1. The molecule has 2 rings (SSSR count). The van der Waals surface area contributed by atoms with Crippen molar-refractivity contribution in [3.63, 3.8) is 0 Å². The van der Waals surface area contributed by atoms with E-state index in [1.54, 1.807) is 10.9 Å². The number of amides is 2. The standard InChI is InChI=1S/C20H30N4O3/c1-6-20(7-2,14-21-18(26)27-19(3,4)5)23-17(25)13-24-16-11-9-8-10-15(16)12-22-24/h8-12H,6-7,13-14H2,1-5H3,(H,21,26)(H,23,25). The molecule has 27 heavy (non-hydrogen) atoms. The molecule has 1 aromatic carbocycles. The maximum Gasteiger partial charge on any atom is 0.407 e. The van der Waals surface area contributed by atoms with Gasteiger partial charge in [-0.15, -0.1) is 0 Å². The number of ether oxygens (including phenoxy) is 1. The second-order valence-corrected chi connectivity index (χ2v) is 7.75. The van der Waals surface area contributed by atoms with E-state index in [4.69, 9.17) is 4.74 Å². The van der Waals surface area contributed by atoms with Crippen molar-refractivity contribution in [3.05, 3.63) is 30.5 Å². The molecule has 7 heteroatoms. The second kappa shape index (κ2) is 8.41. The zero-order valence-corrected chi connectivity index (χ0v) is 16.8. The number of nitrogens with zero attached hydrogens (tertiary/aromatic N) is 2. The molecule has 0 unspecified atom stereocenters. The van der Waals surface area contributed by atoms with E-state index in [9.17, 15) is 9.59 Å². The van der Waals surface area contributed by atoms with Gasteiger partial charge >= 0.3 is 6.09 Å². The van der Waals surface area contributed by atoms with Crippen LogP contribution in [0.4, 0.5) is 4.79 Å². The summed E-state index contributed by atoms with van der Waals surface area (Å²) in [6.45, 7) is 9.86. The summed E-state index contributed by atoms with van der Waals surface area (Å²) in [6.07, 6.45) is 2.64. The van der Waals surface area contributed by atoms with Crippen LogP contribution in [-0.2, 0) is 16.1 Å². The minimum atomic E-state index is -0.560. The van der Waals surface area contributed by atoms with Gasteiger partial charge in [-0.25, -0.2) is 4.79 Å². The van der Waals surface area contributed by atoms with Crippen molar-refractivity contribution in [3.8, 4) is 0 Å². The van der Waals surface area contributed by atoms with Crippen molar-refractivity contribution < 1.29 is 14.3 Å². The molecular formula is C20H30N4O3. The fourth-order valence-corrected chi connectivity index (χ4v) is 2.90. The number of rotatable bonds is 7. The van der Waals surface area contributed by atoms with E-state index < -0.39 is 17.2 Å². The molecule has 0 bridgehead atoms. The molecular weight excluding hydrogens is 344 g/mol. The third-order valence-electron chi connectivity index (χ3n) is 4.57. The van der Waals surface area contributed by atoms with Gasteiger partial charge in [0.15, 0.2) is 0 Å². The van der Waals surface area contributed by atoms with Gasteiger partial charge in [0.2, 0.25) is 5.91 Å². The molecule has 0 radical (unpaired) electrons. The lowest BCUT2D eigenvalue weighted by Crippen LogP contribution is -2.56. The first-order valence-electron chi connectivity index (χ1n) is 9.36. The lowest BCUT2D eigenvalue weighted by Gasteiger charge is -2.33. The highest BCUT2D eigenvalue weighted by atomic mass is 16.6. The first kappa shape index (κ1) is 20.7. The normalized spacial score (nSPS) is 12.0. The lowest BCUT2D eigenvalue weighted by molar-refractivity contribution is -0.123. The van der Waals surface area contributed by atoms with Crippen LogP contribution in [0.2, 0.25) is 0 Å². The molecule has 7 nitrogen and oxygen atoms in total. The molecule has 0 atom stereocenters.